The molecule has 2 rings (SSSR count). The van der Waals surface area contributed by atoms with Gasteiger partial charge in [-0.25, -0.2) is 4.79 Å². The molecule has 1 aromatic rings. The van der Waals surface area contributed by atoms with E-state index in [1.807, 2.05) is 13.0 Å². The fourth-order valence-corrected chi connectivity index (χ4v) is 2.35. The predicted molar refractivity (Wildman–Crippen MR) is 80.0 cm³/mol. The second-order valence-electron chi connectivity index (χ2n) is 5.18. The molecule has 0 atom stereocenters. The summed E-state index contributed by atoms with van der Waals surface area (Å²) in [6.45, 7) is 3.99. The smallest absolute Gasteiger partial charge is 0.315 e. The van der Waals surface area contributed by atoms with Crippen LogP contribution in [0.2, 0.25) is 0 Å². The first-order valence-electron chi connectivity index (χ1n) is 7.45. The number of pyridine rings is 1. The van der Waals surface area contributed by atoms with Gasteiger partial charge in [0, 0.05) is 31.9 Å². The van der Waals surface area contributed by atoms with Crippen molar-refractivity contribution in [2.75, 3.05) is 19.6 Å². The molecule has 0 aromatic carbocycles. The summed E-state index contributed by atoms with van der Waals surface area (Å²) in [5, 5.41) is 5.75. The molecule has 0 aliphatic carbocycles. The Labute approximate surface area is 124 Å². The average Bonchev–Trinajstić information content (AvgIpc) is 2.54. The normalized spacial score (nSPS) is 15.6. The quantitative estimate of drug-likeness (QED) is 0.880. The maximum Gasteiger partial charge on any atom is 0.315 e. The van der Waals surface area contributed by atoms with Crippen LogP contribution in [0.5, 0.6) is 0 Å². The van der Waals surface area contributed by atoms with E-state index in [2.05, 4.69) is 15.6 Å². The first kappa shape index (κ1) is 15.3. The second kappa shape index (κ2) is 7.61. The molecule has 0 saturated carbocycles. The lowest BCUT2D eigenvalue weighted by Gasteiger charge is -2.32. The summed E-state index contributed by atoms with van der Waals surface area (Å²) in [6.07, 6.45) is 4.10. The van der Waals surface area contributed by atoms with Crippen molar-refractivity contribution in [1.82, 2.24) is 20.5 Å². The summed E-state index contributed by atoms with van der Waals surface area (Å²) >= 11 is 0. The Kier molecular flexibility index (Phi) is 5.54. The highest BCUT2D eigenvalue weighted by atomic mass is 16.2. The lowest BCUT2D eigenvalue weighted by Crippen LogP contribution is -2.49. The molecule has 0 radical (unpaired) electrons. The zero-order valence-electron chi connectivity index (χ0n) is 12.3. The largest absolute Gasteiger partial charge is 0.338 e. The van der Waals surface area contributed by atoms with Gasteiger partial charge in [0.25, 0.3) is 5.91 Å². The average molecular weight is 290 g/mol. The molecule has 6 heteroatoms. The van der Waals surface area contributed by atoms with Crippen LogP contribution >= 0.6 is 0 Å². The molecule has 1 aliphatic rings. The van der Waals surface area contributed by atoms with Gasteiger partial charge in [0.2, 0.25) is 0 Å². The van der Waals surface area contributed by atoms with E-state index in [4.69, 9.17) is 0 Å². The molecule has 2 heterocycles. The molecule has 0 bridgehead atoms. The number of nitrogens with zero attached hydrogens (tertiary/aromatic N) is 2. The van der Waals surface area contributed by atoms with Crippen LogP contribution in [0, 0.1) is 0 Å². The third-order valence-corrected chi connectivity index (χ3v) is 3.54. The minimum Gasteiger partial charge on any atom is -0.338 e. The van der Waals surface area contributed by atoms with Crippen molar-refractivity contribution in [1.29, 1.82) is 0 Å². The standard InChI is InChI=1S/C15H22N4O2/c1-2-8-17-15(21)18-12-6-10-19(11-7-12)14(20)13-5-3-4-9-16-13/h3-5,9,12H,2,6-8,10-11H2,1H3,(H2,17,18,21). The Morgan fingerprint density at radius 3 is 2.71 bits per heavy atom. The van der Waals surface area contributed by atoms with Gasteiger partial charge < -0.3 is 15.5 Å². The molecule has 6 nitrogen and oxygen atoms in total. The Morgan fingerprint density at radius 1 is 1.33 bits per heavy atom. The molecule has 1 saturated heterocycles. The molecule has 2 N–H and O–H groups in total. The van der Waals surface area contributed by atoms with Gasteiger partial charge in [-0.05, 0) is 31.4 Å². The molecular weight excluding hydrogens is 268 g/mol. The minimum absolute atomic E-state index is 0.0375. The van der Waals surface area contributed by atoms with Crippen LogP contribution in [0.4, 0.5) is 4.79 Å². The molecule has 3 amide bonds. The summed E-state index contributed by atoms with van der Waals surface area (Å²) in [5.41, 5.74) is 0.476. The lowest BCUT2D eigenvalue weighted by atomic mass is 10.0. The number of hydrogen-bond acceptors (Lipinski definition) is 3. The van der Waals surface area contributed by atoms with E-state index in [0.29, 0.717) is 25.3 Å². The highest BCUT2D eigenvalue weighted by molar-refractivity contribution is 5.92. The first-order valence-corrected chi connectivity index (χ1v) is 7.45. The highest BCUT2D eigenvalue weighted by Crippen LogP contribution is 2.13. The van der Waals surface area contributed by atoms with Crippen LogP contribution in [-0.4, -0.2) is 47.5 Å². The summed E-state index contributed by atoms with van der Waals surface area (Å²) in [7, 11) is 0. The van der Waals surface area contributed by atoms with Crippen molar-refractivity contribution in [2.24, 2.45) is 0 Å². The summed E-state index contributed by atoms with van der Waals surface area (Å²) in [5.74, 6) is -0.0375. The van der Waals surface area contributed by atoms with Crippen molar-refractivity contribution in [3.63, 3.8) is 0 Å². The molecule has 1 aromatic heterocycles. The maximum absolute atomic E-state index is 12.2. The Hall–Kier alpha value is -2.11. The molecule has 0 spiro atoms. The summed E-state index contributed by atoms with van der Waals surface area (Å²) in [4.78, 5) is 29.7. The summed E-state index contributed by atoms with van der Waals surface area (Å²) in [6, 6.07) is 5.35. The zero-order valence-corrected chi connectivity index (χ0v) is 12.3. The van der Waals surface area contributed by atoms with Gasteiger partial charge in [-0.2, -0.15) is 0 Å². The Morgan fingerprint density at radius 2 is 2.10 bits per heavy atom. The predicted octanol–water partition coefficient (Wildman–Crippen LogP) is 1.40. The van der Waals surface area contributed by atoms with Gasteiger partial charge in [0.05, 0.1) is 0 Å². The first-order chi connectivity index (χ1) is 10.2. The number of piperidine rings is 1. The van der Waals surface area contributed by atoms with Crippen LogP contribution in [0.3, 0.4) is 0 Å². The monoisotopic (exact) mass is 290 g/mol. The van der Waals surface area contributed by atoms with Gasteiger partial charge in [-0.3, -0.25) is 9.78 Å². The molecular formula is C15H22N4O2. The topological polar surface area (TPSA) is 74.3 Å². The van der Waals surface area contributed by atoms with E-state index in [0.717, 1.165) is 19.3 Å². The van der Waals surface area contributed by atoms with Crippen LogP contribution in [0.1, 0.15) is 36.7 Å². The van der Waals surface area contributed by atoms with E-state index in [9.17, 15) is 9.59 Å². The van der Waals surface area contributed by atoms with Gasteiger partial charge in [-0.1, -0.05) is 13.0 Å². The van der Waals surface area contributed by atoms with Gasteiger partial charge in [0.15, 0.2) is 0 Å². The number of carbonyl (C=O) groups excluding carboxylic acids is 2. The van der Waals surface area contributed by atoms with Crippen LogP contribution in [0.15, 0.2) is 24.4 Å². The van der Waals surface area contributed by atoms with Crippen LogP contribution in [0.25, 0.3) is 0 Å². The van der Waals surface area contributed by atoms with Crippen molar-refractivity contribution in [3.8, 4) is 0 Å². The van der Waals surface area contributed by atoms with Crippen LogP contribution in [-0.2, 0) is 0 Å². The third-order valence-electron chi connectivity index (χ3n) is 3.54. The number of nitrogens with one attached hydrogen (secondary N) is 2. The second-order valence-corrected chi connectivity index (χ2v) is 5.18. The molecule has 1 aliphatic heterocycles. The summed E-state index contributed by atoms with van der Waals surface area (Å²) < 4.78 is 0. The zero-order chi connectivity index (χ0) is 15.1. The minimum atomic E-state index is -0.119. The van der Waals surface area contributed by atoms with Gasteiger partial charge in [-0.15, -0.1) is 0 Å². The fourth-order valence-electron chi connectivity index (χ4n) is 2.35. The lowest BCUT2D eigenvalue weighted by molar-refractivity contribution is 0.0702. The molecule has 0 unspecified atom stereocenters. The Bertz CT molecular complexity index is 470. The highest BCUT2D eigenvalue weighted by Gasteiger charge is 2.24. The van der Waals surface area contributed by atoms with E-state index >= 15 is 0 Å². The number of carbonyl (C=O) groups is 2. The van der Waals surface area contributed by atoms with Gasteiger partial charge in [0.1, 0.15) is 5.69 Å². The number of aromatic nitrogens is 1. The van der Waals surface area contributed by atoms with Crippen molar-refractivity contribution in [3.05, 3.63) is 30.1 Å². The number of rotatable bonds is 4. The number of hydrogen-bond donors (Lipinski definition) is 2. The third kappa shape index (κ3) is 4.44. The fraction of sp³-hybridized carbons (Fsp3) is 0.533. The van der Waals surface area contributed by atoms with Gasteiger partial charge >= 0.3 is 6.03 Å². The van der Waals surface area contributed by atoms with Crippen molar-refractivity contribution >= 4 is 11.9 Å². The Balaban J connectivity index is 1.78. The number of amides is 3. The van der Waals surface area contributed by atoms with E-state index in [1.165, 1.54) is 0 Å². The van der Waals surface area contributed by atoms with E-state index in [1.54, 1.807) is 23.2 Å². The van der Waals surface area contributed by atoms with E-state index in [-0.39, 0.29) is 18.0 Å². The van der Waals surface area contributed by atoms with E-state index < -0.39 is 0 Å². The molecule has 114 valence electrons. The van der Waals surface area contributed by atoms with Crippen molar-refractivity contribution in [2.45, 2.75) is 32.2 Å². The van der Waals surface area contributed by atoms with Crippen molar-refractivity contribution < 1.29 is 9.59 Å². The molecule has 1 fully saturated rings. The SMILES string of the molecule is CCCNC(=O)NC1CCN(C(=O)c2ccccn2)CC1. The maximum atomic E-state index is 12.2. The molecule has 21 heavy (non-hydrogen) atoms. The number of likely N-dealkylation sites (tertiary alicyclic amines) is 1. The van der Waals surface area contributed by atoms with Crippen LogP contribution < -0.4 is 10.6 Å². The number of urea groups is 1.